The van der Waals surface area contributed by atoms with Gasteiger partial charge in [-0.3, -0.25) is 9.59 Å². The molecule has 0 aromatic carbocycles. The highest BCUT2D eigenvalue weighted by Gasteiger charge is 2.49. The molecular weight excluding hydrogens is 475 g/mol. The summed E-state index contributed by atoms with van der Waals surface area (Å²) in [5, 5.41) is 19.4. The van der Waals surface area contributed by atoms with Crippen molar-refractivity contribution < 1.29 is 38.0 Å². The van der Waals surface area contributed by atoms with Crippen molar-refractivity contribution >= 4 is 20.5 Å². The fourth-order valence-corrected chi connectivity index (χ4v) is 5.24. The monoisotopic (exact) mass is 518 g/mol. The van der Waals surface area contributed by atoms with Gasteiger partial charge in [-0.1, -0.05) is 26.7 Å². The highest BCUT2D eigenvalue weighted by atomic mass is 31.2. The molecule has 0 saturated carbocycles. The van der Waals surface area contributed by atoms with Crippen molar-refractivity contribution in [2.24, 2.45) is 0 Å². The van der Waals surface area contributed by atoms with Crippen LogP contribution < -0.4 is 0 Å². The number of aliphatic hydroxyl groups is 1. The second-order valence-electron chi connectivity index (χ2n) is 9.02. The van der Waals surface area contributed by atoms with Gasteiger partial charge >= 0.3 is 11.9 Å². The lowest BCUT2D eigenvalue weighted by Gasteiger charge is -2.36. The Hall–Kier alpha value is -1.34. The average molecular weight is 519 g/mol. The number of carbonyl (C=O) groups is 2. The lowest BCUT2D eigenvalue weighted by atomic mass is 10.1. The van der Waals surface area contributed by atoms with Gasteiger partial charge in [0.25, 0.3) is 8.53 Å². The summed E-state index contributed by atoms with van der Waals surface area (Å²) >= 11 is 0. The molecule has 11 heteroatoms. The van der Waals surface area contributed by atoms with Crippen molar-refractivity contribution in [3.05, 3.63) is 0 Å². The molecule has 1 fully saturated rings. The number of nitriles is 1. The fraction of sp³-hybridized carbons (Fsp3) is 0.875. The van der Waals surface area contributed by atoms with Crippen LogP contribution in [-0.4, -0.2) is 71.6 Å². The van der Waals surface area contributed by atoms with Crippen molar-refractivity contribution in [2.75, 3.05) is 13.2 Å². The molecule has 0 amide bonds. The fourth-order valence-electron chi connectivity index (χ4n) is 3.62. The van der Waals surface area contributed by atoms with Crippen LogP contribution >= 0.6 is 8.53 Å². The molecule has 0 spiro atoms. The van der Waals surface area contributed by atoms with Crippen LogP contribution in [0, 0.1) is 11.3 Å². The van der Waals surface area contributed by atoms with E-state index in [1.54, 1.807) is 0 Å². The minimum atomic E-state index is -1.56. The molecule has 1 saturated heterocycles. The Morgan fingerprint density at radius 1 is 1.00 bits per heavy atom. The number of carbonyl (C=O) groups excluding carboxylic acids is 2. The van der Waals surface area contributed by atoms with E-state index in [9.17, 15) is 14.7 Å². The number of esters is 2. The molecule has 1 rings (SSSR count). The highest BCUT2D eigenvalue weighted by molar-refractivity contribution is 7.44. The molecule has 10 nitrogen and oxygen atoms in total. The minimum absolute atomic E-state index is 0.0556. The van der Waals surface area contributed by atoms with Crippen LogP contribution in [0.15, 0.2) is 0 Å². The van der Waals surface area contributed by atoms with Crippen LogP contribution in [0.4, 0.5) is 0 Å². The molecule has 0 bridgehead atoms. The number of hydrogen-bond acceptors (Lipinski definition) is 10. The van der Waals surface area contributed by atoms with Crippen LogP contribution in [0.3, 0.4) is 0 Å². The largest absolute Gasteiger partial charge is 0.455 e. The third-order valence-corrected chi connectivity index (χ3v) is 7.38. The lowest BCUT2D eigenvalue weighted by Crippen LogP contribution is -2.42. The SMILES string of the molecule is CCCCC(=O)OC1C(O)OC(COP(OCCC#N)N(C(C)C)C(C)C)C1OC(=O)CCCC. The van der Waals surface area contributed by atoms with E-state index in [0.29, 0.717) is 12.8 Å². The number of hydrogen-bond donors (Lipinski definition) is 1. The Bertz CT molecular complexity index is 664. The first-order valence-corrected chi connectivity index (χ1v) is 13.7. The molecule has 1 N–H and O–H groups in total. The van der Waals surface area contributed by atoms with E-state index in [0.717, 1.165) is 12.8 Å². The molecule has 0 aromatic rings. The zero-order valence-electron chi connectivity index (χ0n) is 22.0. The van der Waals surface area contributed by atoms with E-state index < -0.39 is 45.1 Å². The molecule has 0 aliphatic carbocycles. The van der Waals surface area contributed by atoms with Gasteiger partial charge in [-0.2, -0.15) is 5.26 Å². The average Bonchev–Trinajstić information content (AvgIpc) is 3.07. The van der Waals surface area contributed by atoms with Crippen LogP contribution in [0.2, 0.25) is 0 Å². The predicted octanol–water partition coefficient (Wildman–Crippen LogP) is 4.20. The lowest BCUT2D eigenvalue weighted by molar-refractivity contribution is -0.177. The summed E-state index contributed by atoms with van der Waals surface area (Å²) < 4.78 is 30.8. The van der Waals surface area contributed by atoms with Gasteiger partial charge in [0.2, 0.25) is 0 Å². The second kappa shape index (κ2) is 17.2. The minimum Gasteiger partial charge on any atom is -0.455 e. The molecule has 1 aliphatic rings. The number of ether oxygens (including phenoxy) is 3. The molecule has 5 atom stereocenters. The maximum Gasteiger partial charge on any atom is 0.306 e. The van der Waals surface area contributed by atoms with Crippen LogP contribution in [0.5, 0.6) is 0 Å². The maximum absolute atomic E-state index is 12.4. The van der Waals surface area contributed by atoms with Gasteiger partial charge in [-0.05, 0) is 40.5 Å². The first-order chi connectivity index (χ1) is 16.7. The molecular formula is C24H43N2O8P. The molecule has 202 valence electrons. The van der Waals surface area contributed by atoms with Gasteiger partial charge in [-0.25, -0.2) is 4.67 Å². The van der Waals surface area contributed by atoms with Crippen LogP contribution in [-0.2, 0) is 32.8 Å². The zero-order chi connectivity index (χ0) is 26.4. The summed E-state index contributed by atoms with van der Waals surface area (Å²) in [5.74, 6) is -0.934. The number of nitrogens with zero attached hydrogens (tertiary/aromatic N) is 2. The van der Waals surface area contributed by atoms with Gasteiger partial charge in [0.1, 0.15) is 6.10 Å². The first kappa shape index (κ1) is 31.7. The summed E-state index contributed by atoms with van der Waals surface area (Å²) in [5.41, 5.74) is 0. The highest BCUT2D eigenvalue weighted by Crippen LogP contribution is 2.46. The predicted molar refractivity (Wildman–Crippen MR) is 131 cm³/mol. The van der Waals surface area contributed by atoms with Crippen LogP contribution in [0.25, 0.3) is 0 Å². The maximum atomic E-state index is 12.4. The van der Waals surface area contributed by atoms with E-state index in [2.05, 4.69) is 10.7 Å². The normalized spacial score (nSPS) is 23.0. The first-order valence-electron chi connectivity index (χ1n) is 12.6. The second-order valence-corrected chi connectivity index (χ2v) is 10.5. The van der Waals surface area contributed by atoms with Crippen LogP contribution in [0.1, 0.15) is 86.5 Å². The quantitative estimate of drug-likeness (QED) is 0.170. The van der Waals surface area contributed by atoms with E-state index in [1.165, 1.54) is 0 Å². The third kappa shape index (κ3) is 11.1. The van der Waals surface area contributed by atoms with Gasteiger partial charge in [0.15, 0.2) is 18.5 Å². The van der Waals surface area contributed by atoms with Gasteiger partial charge in [0, 0.05) is 24.9 Å². The zero-order valence-corrected chi connectivity index (χ0v) is 22.9. The van der Waals surface area contributed by atoms with Gasteiger partial charge in [0.05, 0.1) is 25.7 Å². The van der Waals surface area contributed by atoms with Gasteiger partial charge < -0.3 is 28.4 Å². The molecule has 1 heterocycles. The third-order valence-electron chi connectivity index (χ3n) is 5.30. The number of unbranched alkanes of at least 4 members (excludes halogenated alkanes) is 2. The topological polar surface area (TPSA) is 128 Å². The molecule has 0 aromatic heterocycles. The van der Waals surface area contributed by atoms with E-state index in [4.69, 9.17) is 28.5 Å². The van der Waals surface area contributed by atoms with Crippen molar-refractivity contribution in [1.29, 1.82) is 5.26 Å². The van der Waals surface area contributed by atoms with Crippen molar-refractivity contribution in [1.82, 2.24) is 4.67 Å². The summed E-state index contributed by atoms with van der Waals surface area (Å²) in [6.07, 6.45) is -0.864. The summed E-state index contributed by atoms with van der Waals surface area (Å²) in [6.45, 7) is 12.2. The summed E-state index contributed by atoms with van der Waals surface area (Å²) in [6, 6.07) is 2.26. The smallest absolute Gasteiger partial charge is 0.306 e. The number of aliphatic hydroxyl groups excluding tert-OH is 1. The Kier molecular flexibility index (Phi) is 15.5. The Balaban J connectivity index is 3.01. The van der Waals surface area contributed by atoms with E-state index >= 15 is 0 Å². The standard InChI is InChI=1S/C24H43N2O8P/c1-7-9-12-20(27)33-22-19(32-24(29)23(22)34-21(28)13-10-8-2)16-31-35(30-15-11-14-25)26(17(3)4)18(5)6/h17-19,22-24,29H,7-13,15-16H2,1-6H3. The molecule has 0 radical (unpaired) electrons. The van der Waals surface area contributed by atoms with Crippen molar-refractivity contribution in [3.63, 3.8) is 0 Å². The summed E-state index contributed by atoms with van der Waals surface area (Å²) in [4.78, 5) is 24.7. The molecule has 5 unspecified atom stereocenters. The molecule has 1 aliphatic heterocycles. The van der Waals surface area contributed by atoms with Crippen molar-refractivity contribution in [2.45, 2.75) is 123 Å². The Labute approximate surface area is 211 Å². The molecule has 35 heavy (non-hydrogen) atoms. The van der Waals surface area contributed by atoms with E-state index in [-0.39, 0.29) is 44.6 Å². The Morgan fingerprint density at radius 2 is 1.54 bits per heavy atom. The van der Waals surface area contributed by atoms with Crippen molar-refractivity contribution in [3.8, 4) is 6.07 Å². The summed E-state index contributed by atoms with van der Waals surface area (Å²) in [7, 11) is -1.56. The van der Waals surface area contributed by atoms with Gasteiger partial charge in [-0.15, -0.1) is 0 Å². The van der Waals surface area contributed by atoms with E-state index in [1.807, 2.05) is 41.5 Å². The number of rotatable bonds is 17. The Morgan fingerprint density at radius 3 is 2.03 bits per heavy atom.